The second-order valence-electron chi connectivity index (χ2n) is 8.14. The van der Waals surface area contributed by atoms with Crippen LogP contribution in [0.2, 0.25) is 0 Å². The van der Waals surface area contributed by atoms with Crippen molar-refractivity contribution in [2.45, 2.75) is 18.9 Å². The third-order valence-corrected chi connectivity index (χ3v) is 5.84. The van der Waals surface area contributed by atoms with E-state index in [4.69, 9.17) is 0 Å². The van der Waals surface area contributed by atoms with Gasteiger partial charge in [0.1, 0.15) is 28.9 Å². The predicted octanol–water partition coefficient (Wildman–Crippen LogP) is 3.78. The maximum absolute atomic E-state index is 14.6. The molecule has 1 aliphatic rings. The first kappa shape index (κ1) is 20.2. The smallest absolute Gasteiger partial charge is 0.283 e. The number of hydrogen-bond donors (Lipinski definition) is 3. The van der Waals surface area contributed by atoms with E-state index in [1.54, 1.807) is 6.07 Å². The van der Waals surface area contributed by atoms with Crippen LogP contribution in [0.1, 0.15) is 24.7 Å². The molecule has 1 atom stereocenters. The Labute approximate surface area is 190 Å². The number of benzene rings is 2. The number of halogens is 2. The Kier molecular flexibility index (Phi) is 4.68. The van der Waals surface area contributed by atoms with E-state index in [2.05, 4.69) is 35.7 Å². The van der Waals surface area contributed by atoms with Crippen LogP contribution in [-0.2, 0) is 0 Å². The minimum atomic E-state index is -0.666. The Morgan fingerprint density at radius 2 is 1.88 bits per heavy atom. The lowest BCUT2D eigenvalue weighted by molar-refractivity contribution is 0.591. The molecule has 3 heterocycles. The molecular formula is C23H18F2N8O. The van der Waals surface area contributed by atoms with E-state index in [1.807, 2.05) is 0 Å². The van der Waals surface area contributed by atoms with Crippen molar-refractivity contribution in [1.82, 2.24) is 29.6 Å². The van der Waals surface area contributed by atoms with Crippen molar-refractivity contribution in [3.8, 4) is 0 Å². The number of aromatic amines is 1. The van der Waals surface area contributed by atoms with Crippen LogP contribution in [0.3, 0.4) is 0 Å². The molecular weight excluding hydrogens is 442 g/mol. The Bertz CT molecular complexity index is 1580. The zero-order valence-electron chi connectivity index (χ0n) is 17.7. The molecule has 170 valence electrons. The summed E-state index contributed by atoms with van der Waals surface area (Å²) in [5.41, 5.74) is 4.21. The topological polar surface area (TPSA) is 113 Å². The molecule has 0 radical (unpaired) electrons. The summed E-state index contributed by atoms with van der Waals surface area (Å²) in [6.45, 7) is 0. The van der Waals surface area contributed by atoms with Gasteiger partial charge in [-0.15, -0.1) is 0 Å². The van der Waals surface area contributed by atoms with Crippen molar-refractivity contribution in [1.29, 1.82) is 0 Å². The maximum Gasteiger partial charge on any atom is 0.283 e. The number of H-pyrrole nitrogens is 1. The van der Waals surface area contributed by atoms with Gasteiger partial charge < -0.3 is 10.3 Å². The standard InChI is InChI=1S/C23H18F2N8O/c24-13-6-8-14(9-7-13)32-33-22(30-16-3-1-2-15(25)17(16)23(33)34)18(12-4-5-12)31-21-19-20(27-10-26-19)28-11-29-21/h1-3,6-12,18,32H,4-5H2,(H2,26,27,28,29,31). The summed E-state index contributed by atoms with van der Waals surface area (Å²) in [4.78, 5) is 33.9. The van der Waals surface area contributed by atoms with Crippen molar-refractivity contribution in [2.24, 2.45) is 5.92 Å². The number of anilines is 2. The summed E-state index contributed by atoms with van der Waals surface area (Å²) >= 11 is 0. The number of hydrogen-bond acceptors (Lipinski definition) is 7. The van der Waals surface area contributed by atoms with Gasteiger partial charge in [0.15, 0.2) is 17.3 Å². The summed E-state index contributed by atoms with van der Waals surface area (Å²) in [6, 6.07) is 9.45. The van der Waals surface area contributed by atoms with E-state index in [-0.39, 0.29) is 16.8 Å². The lowest BCUT2D eigenvalue weighted by Crippen LogP contribution is -2.35. The maximum atomic E-state index is 14.6. The molecule has 1 aliphatic carbocycles. The number of aromatic nitrogens is 6. The first-order valence-corrected chi connectivity index (χ1v) is 10.7. The third kappa shape index (κ3) is 3.51. The molecule has 3 N–H and O–H groups in total. The lowest BCUT2D eigenvalue weighted by Gasteiger charge is -2.23. The fraction of sp³-hybridized carbons (Fsp3) is 0.174. The monoisotopic (exact) mass is 460 g/mol. The lowest BCUT2D eigenvalue weighted by atomic mass is 10.1. The van der Waals surface area contributed by atoms with Gasteiger partial charge in [0.05, 0.1) is 23.6 Å². The van der Waals surface area contributed by atoms with E-state index in [0.717, 1.165) is 12.8 Å². The highest BCUT2D eigenvalue weighted by molar-refractivity contribution is 5.82. The van der Waals surface area contributed by atoms with Crippen molar-refractivity contribution in [3.05, 3.63) is 82.9 Å². The minimum absolute atomic E-state index is 0.132. The van der Waals surface area contributed by atoms with Crippen LogP contribution in [-0.4, -0.2) is 29.6 Å². The first-order chi connectivity index (χ1) is 16.6. The molecule has 9 nitrogen and oxygen atoms in total. The fourth-order valence-electron chi connectivity index (χ4n) is 4.02. The molecule has 6 rings (SSSR count). The van der Waals surface area contributed by atoms with Crippen molar-refractivity contribution < 1.29 is 8.78 Å². The van der Waals surface area contributed by atoms with Crippen molar-refractivity contribution in [3.63, 3.8) is 0 Å². The third-order valence-electron chi connectivity index (χ3n) is 5.84. The van der Waals surface area contributed by atoms with Crippen LogP contribution in [0.5, 0.6) is 0 Å². The van der Waals surface area contributed by atoms with Crippen LogP contribution in [0, 0.1) is 17.6 Å². The van der Waals surface area contributed by atoms with Gasteiger partial charge in [-0.05, 0) is 55.2 Å². The Morgan fingerprint density at radius 1 is 1.06 bits per heavy atom. The van der Waals surface area contributed by atoms with E-state index in [9.17, 15) is 13.6 Å². The van der Waals surface area contributed by atoms with E-state index >= 15 is 0 Å². The summed E-state index contributed by atoms with van der Waals surface area (Å²) in [7, 11) is 0. The van der Waals surface area contributed by atoms with Crippen LogP contribution >= 0.6 is 0 Å². The summed E-state index contributed by atoms with van der Waals surface area (Å²) in [6.07, 6.45) is 4.78. The second kappa shape index (κ2) is 7.87. The van der Waals surface area contributed by atoms with E-state index in [1.165, 1.54) is 53.7 Å². The van der Waals surface area contributed by atoms with Crippen LogP contribution < -0.4 is 16.3 Å². The van der Waals surface area contributed by atoms with Gasteiger partial charge in [0, 0.05) is 0 Å². The Morgan fingerprint density at radius 3 is 2.68 bits per heavy atom. The highest BCUT2D eigenvalue weighted by Crippen LogP contribution is 2.42. The van der Waals surface area contributed by atoms with Crippen molar-refractivity contribution in [2.75, 3.05) is 10.7 Å². The molecule has 0 spiro atoms. The van der Waals surface area contributed by atoms with Gasteiger partial charge in [-0.1, -0.05) is 6.07 Å². The molecule has 34 heavy (non-hydrogen) atoms. The highest BCUT2D eigenvalue weighted by Gasteiger charge is 2.37. The van der Waals surface area contributed by atoms with Crippen molar-refractivity contribution >= 4 is 33.6 Å². The number of imidazole rings is 1. The van der Waals surface area contributed by atoms with Crippen LogP contribution in [0.25, 0.3) is 22.1 Å². The molecule has 11 heteroatoms. The van der Waals surface area contributed by atoms with Gasteiger partial charge in [-0.3, -0.25) is 10.2 Å². The zero-order valence-corrected chi connectivity index (χ0v) is 17.7. The van der Waals surface area contributed by atoms with Crippen LogP contribution in [0.4, 0.5) is 20.3 Å². The molecule has 1 fully saturated rings. The SMILES string of the molecule is O=c1c2c(F)cccc2nc(C(Nc2ncnc3[nH]cnc23)C2CC2)n1Nc1ccc(F)cc1. The predicted molar refractivity (Wildman–Crippen MR) is 122 cm³/mol. The largest absolute Gasteiger partial charge is 0.358 e. The Balaban J connectivity index is 1.52. The zero-order chi connectivity index (χ0) is 23.2. The Hall–Kier alpha value is -4.41. The van der Waals surface area contributed by atoms with Gasteiger partial charge in [-0.25, -0.2) is 33.4 Å². The molecule has 2 aromatic carbocycles. The van der Waals surface area contributed by atoms with Gasteiger partial charge >= 0.3 is 0 Å². The van der Waals surface area contributed by atoms with Gasteiger partial charge in [0.2, 0.25) is 0 Å². The summed E-state index contributed by atoms with van der Waals surface area (Å²) in [5.74, 6) is -0.0586. The number of rotatable bonds is 6. The molecule has 3 aromatic heterocycles. The summed E-state index contributed by atoms with van der Waals surface area (Å²) < 4.78 is 29.3. The normalized spacial score (nSPS) is 14.4. The quantitative estimate of drug-likeness (QED) is 0.353. The molecule has 1 saturated carbocycles. The number of fused-ring (bicyclic) bond motifs is 2. The first-order valence-electron chi connectivity index (χ1n) is 10.7. The molecule has 0 amide bonds. The minimum Gasteiger partial charge on any atom is -0.358 e. The molecule has 5 aromatic rings. The summed E-state index contributed by atoms with van der Waals surface area (Å²) in [5, 5.41) is 3.25. The molecule has 0 bridgehead atoms. The second-order valence-corrected chi connectivity index (χ2v) is 8.14. The number of nitrogens with one attached hydrogen (secondary N) is 3. The van der Waals surface area contributed by atoms with E-state index < -0.39 is 23.2 Å². The van der Waals surface area contributed by atoms with Crippen LogP contribution in [0.15, 0.2) is 59.9 Å². The molecule has 0 aliphatic heterocycles. The molecule has 0 saturated heterocycles. The van der Waals surface area contributed by atoms with Gasteiger partial charge in [-0.2, -0.15) is 0 Å². The number of nitrogens with zero attached hydrogens (tertiary/aromatic N) is 5. The fourth-order valence-corrected chi connectivity index (χ4v) is 4.02. The van der Waals surface area contributed by atoms with E-state index in [0.29, 0.717) is 28.5 Å². The molecule has 1 unspecified atom stereocenters. The average Bonchev–Trinajstić information content (AvgIpc) is 3.56. The highest BCUT2D eigenvalue weighted by atomic mass is 19.1. The average molecular weight is 460 g/mol. The van der Waals surface area contributed by atoms with Gasteiger partial charge in [0.25, 0.3) is 5.56 Å².